The minimum absolute atomic E-state index is 0.561. The second-order valence-corrected chi connectivity index (χ2v) is 6.63. The van der Waals surface area contributed by atoms with Gasteiger partial charge in [-0.2, -0.15) is 4.37 Å². The summed E-state index contributed by atoms with van der Waals surface area (Å²) in [7, 11) is 0. The number of hydrogen-bond acceptors (Lipinski definition) is 3. The highest BCUT2D eigenvalue weighted by molar-refractivity contribution is 7.05. The van der Waals surface area contributed by atoms with Gasteiger partial charge in [-0.25, -0.2) is 4.98 Å². The lowest BCUT2D eigenvalue weighted by Gasteiger charge is -2.24. The zero-order valence-corrected chi connectivity index (χ0v) is 12.3. The summed E-state index contributed by atoms with van der Waals surface area (Å²) >= 11 is 1.62. The first-order valence-electron chi connectivity index (χ1n) is 7.26. The van der Waals surface area contributed by atoms with Crippen LogP contribution in [0.5, 0.6) is 0 Å². The van der Waals surface area contributed by atoms with Crippen molar-refractivity contribution in [1.82, 2.24) is 9.36 Å². The van der Waals surface area contributed by atoms with Crippen LogP contribution in [0, 0.1) is 17.8 Å². The highest BCUT2D eigenvalue weighted by atomic mass is 32.1. The van der Waals surface area contributed by atoms with Crippen LogP contribution in [0.4, 0.5) is 0 Å². The van der Waals surface area contributed by atoms with Crippen molar-refractivity contribution in [2.75, 3.05) is 0 Å². The molecule has 0 aromatic carbocycles. The maximum Gasteiger partial charge on any atom is 0.146 e. The van der Waals surface area contributed by atoms with Gasteiger partial charge in [-0.1, -0.05) is 39.3 Å². The fourth-order valence-electron chi connectivity index (χ4n) is 3.62. The normalized spacial score (nSPS) is 35.3. The van der Waals surface area contributed by atoms with E-state index in [0.717, 1.165) is 24.1 Å². The van der Waals surface area contributed by atoms with Crippen molar-refractivity contribution >= 4 is 11.5 Å². The molecule has 3 heteroatoms. The molecule has 0 N–H and O–H groups in total. The molecule has 1 heterocycles. The van der Waals surface area contributed by atoms with Crippen LogP contribution >= 0.6 is 11.5 Å². The van der Waals surface area contributed by atoms with E-state index in [1.54, 1.807) is 11.5 Å². The van der Waals surface area contributed by atoms with Crippen molar-refractivity contribution in [3.8, 4) is 0 Å². The lowest BCUT2D eigenvalue weighted by molar-refractivity contribution is 0.371. The first kappa shape index (κ1) is 12.3. The molecule has 1 aromatic rings. The van der Waals surface area contributed by atoms with Gasteiger partial charge < -0.3 is 0 Å². The molecule has 0 aliphatic heterocycles. The largest absolute Gasteiger partial charge is 0.224 e. The summed E-state index contributed by atoms with van der Waals surface area (Å²) in [5.74, 6) is 4.57. The molecule has 0 saturated heterocycles. The molecule has 2 aliphatic carbocycles. The highest BCUT2D eigenvalue weighted by Crippen LogP contribution is 2.53. The number of aromatic nitrogens is 2. The number of allylic oxidation sites excluding steroid dienone is 2. The number of rotatable bonds is 4. The third kappa shape index (κ3) is 1.83. The Morgan fingerprint density at radius 1 is 1.33 bits per heavy atom. The number of nitrogens with zero attached hydrogens (tertiary/aromatic N) is 2. The topological polar surface area (TPSA) is 25.8 Å². The molecule has 0 radical (unpaired) electrons. The third-order valence-corrected chi connectivity index (χ3v) is 5.84. The molecule has 3 rings (SSSR count). The van der Waals surface area contributed by atoms with E-state index in [-0.39, 0.29) is 0 Å². The summed E-state index contributed by atoms with van der Waals surface area (Å²) < 4.78 is 4.68. The predicted octanol–water partition coefficient (Wildman–Crippen LogP) is 4.37. The molecule has 2 aliphatic rings. The van der Waals surface area contributed by atoms with Gasteiger partial charge in [0.25, 0.3) is 0 Å². The number of hydrogen-bond donors (Lipinski definition) is 0. The Morgan fingerprint density at radius 2 is 2.11 bits per heavy atom. The van der Waals surface area contributed by atoms with E-state index in [9.17, 15) is 0 Å². The Hall–Kier alpha value is -0.700. The monoisotopic (exact) mass is 262 g/mol. The first-order chi connectivity index (χ1) is 8.74. The van der Waals surface area contributed by atoms with Gasteiger partial charge in [-0.3, -0.25) is 0 Å². The molecule has 2 bridgehead atoms. The first-order valence-corrected chi connectivity index (χ1v) is 8.03. The van der Waals surface area contributed by atoms with Crippen molar-refractivity contribution in [3.63, 3.8) is 0 Å². The molecule has 2 nitrogen and oxygen atoms in total. The van der Waals surface area contributed by atoms with Crippen molar-refractivity contribution in [1.29, 1.82) is 0 Å². The zero-order chi connectivity index (χ0) is 12.7. The standard InChI is InChI=1S/C15H22N2S/c1-4-9(3)15-16-14(17-18-15)13-11-7-6-10(8-11)12(13)5-2/h6-7,9-13H,4-5,8H2,1-3H3. The van der Waals surface area contributed by atoms with E-state index in [0.29, 0.717) is 17.8 Å². The minimum Gasteiger partial charge on any atom is -0.224 e. The van der Waals surface area contributed by atoms with E-state index in [4.69, 9.17) is 4.98 Å². The minimum atomic E-state index is 0.561. The third-order valence-electron chi connectivity index (χ3n) is 4.88. The highest BCUT2D eigenvalue weighted by Gasteiger charge is 2.45. The van der Waals surface area contributed by atoms with Crippen LogP contribution in [0.15, 0.2) is 12.2 Å². The average molecular weight is 262 g/mol. The quantitative estimate of drug-likeness (QED) is 0.753. The summed E-state index contributed by atoms with van der Waals surface area (Å²) in [5.41, 5.74) is 0. The fourth-order valence-corrected chi connectivity index (χ4v) is 4.45. The average Bonchev–Trinajstić information content (AvgIpc) is 3.10. The Balaban J connectivity index is 1.86. The van der Waals surface area contributed by atoms with Crippen molar-refractivity contribution in [3.05, 3.63) is 23.0 Å². The van der Waals surface area contributed by atoms with Crippen LogP contribution in [-0.4, -0.2) is 9.36 Å². The van der Waals surface area contributed by atoms with Crippen LogP contribution in [0.1, 0.15) is 62.7 Å². The summed E-state index contributed by atoms with van der Waals surface area (Å²) in [6.07, 6.45) is 8.58. The molecule has 0 spiro atoms. The number of fused-ring (bicyclic) bond motifs is 2. The molecule has 1 fully saturated rings. The van der Waals surface area contributed by atoms with Crippen LogP contribution in [0.3, 0.4) is 0 Å². The lowest BCUT2D eigenvalue weighted by Crippen LogP contribution is -2.18. The Morgan fingerprint density at radius 3 is 2.83 bits per heavy atom. The zero-order valence-electron chi connectivity index (χ0n) is 11.5. The summed E-state index contributed by atoms with van der Waals surface area (Å²) in [6.45, 7) is 6.79. The van der Waals surface area contributed by atoms with Crippen LogP contribution in [-0.2, 0) is 0 Å². The van der Waals surface area contributed by atoms with Crippen LogP contribution < -0.4 is 0 Å². The Kier molecular flexibility index (Phi) is 3.27. The molecule has 5 unspecified atom stereocenters. The van der Waals surface area contributed by atoms with Crippen LogP contribution in [0.2, 0.25) is 0 Å². The molecule has 1 aromatic heterocycles. The Labute approximate surface area is 114 Å². The van der Waals surface area contributed by atoms with Gasteiger partial charge in [0.2, 0.25) is 0 Å². The molecule has 98 valence electrons. The van der Waals surface area contributed by atoms with Gasteiger partial charge in [-0.05, 0) is 42.1 Å². The second kappa shape index (κ2) is 4.76. The van der Waals surface area contributed by atoms with Gasteiger partial charge in [0.15, 0.2) is 0 Å². The predicted molar refractivity (Wildman–Crippen MR) is 75.9 cm³/mol. The lowest BCUT2D eigenvalue weighted by atomic mass is 9.81. The van der Waals surface area contributed by atoms with E-state index < -0.39 is 0 Å². The molecule has 18 heavy (non-hydrogen) atoms. The molecule has 0 amide bonds. The van der Waals surface area contributed by atoms with E-state index in [2.05, 4.69) is 37.3 Å². The van der Waals surface area contributed by atoms with Gasteiger partial charge in [0.05, 0.1) is 0 Å². The summed E-state index contributed by atoms with van der Waals surface area (Å²) in [5, 5.41) is 1.23. The van der Waals surface area contributed by atoms with Gasteiger partial charge in [0.1, 0.15) is 10.8 Å². The second-order valence-electron chi connectivity index (χ2n) is 5.85. The van der Waals surface area contributed by atoms with E-state index in [1.807, 2.05) is 0 Å². The molecular formula is C15H22N2S. The van der Waals surface area contributed by atoms with Gasteiger partial charge in [0, 0.05) is 11.8 Å². The SMILES string of the molecule is CCC(C)c1nc(C2C3C=CC(C3)C2CC)ns1. The summed E-state index contributed by atoms with van der Waals surface area (Å²) in [4.78, 5) is 4.85. The van der Waals surface area contributed by atoms with Crippen molar-refractivity contribution < 1.29 is 0 Å². The fraction of sp³-hybridized carbons (Fsp3) is 0.733. The molecular weight excluding hydrogens is 240 g/mol. The molecule has 5 atom stereocenters. The smallest absolute Gasteiger partial charge is 0.146 e. The van der Waals surface area contributed by atoms with Gasteiger partial charge in [-0.15, -0.1) is 0 Å². The maximum absolute atomic E-state index is 4.85. The Bertz CT molecular complexity index is 451. The van der Waals surface area contributed by atoms with Crippen molar-refractivity contribution in [2.45, 2.75) is 51.9 Å². The molecule has 1 saturated carbocycles. The van der Waals surface area contributed by atoms with E-state index in [1.165, 1.54) is 17.8 Å². The van der Waals surface area contributed by atoms with E-state index >= 15 is 0 Å². The van der Waals surface area contributed by atoms with Gasteiger partial charge >= 0.3 is 0 Å². The van der Waals surface area contributed by atoms with Crippen LogP contribution in [0.25, 0.3) is 0 Å². The maximum atomic E-state index is 4.85. The van der Waals surface area contributed by atoms with Crippen molar-refractivity contribution in [2.24, 2.45) is 17.8 Å². The summed E-state index contributed by atoms with van der Waals surface area (Å²) in [6, 6.07) is 0.